The summed E-state index contributed by atoms with van der Waals surface area (Å²) in [7, 11) is 4.31. The summed E-state index contributed by atoms with van der Waals surface area (Å²) >= 11 is 0. The van der Waals surface area contributed by atoms with Crippen molar-refractivity contribution in [2.24, 2.45) is 5.92 Å². The number of nitrogen functional groups attached to an aromatic ring is 1. The van der Waals surface area contributed by atoms with Gasteiger partial charge in [-0.15, -0.1) is 5.10 Å². The predicted molar refractivity (Wildman–Crippen MR) is 148 cm³/mol. The number of piperidine rings is 2. The molecule has 9 nitrogen and oxygen atoms in total. The highest BCUT2D eigenvalue weighted by molar-refractivity contribution is 6.04. The van der Waals surface area contributed by atoms with E-state index < -0.39 is 5.82 Å². The summed E-state index contributed by atoms with van der Waals surface area (Å²) in [6.07, 6.45) is 15.2. The van der Waals surface area contributed by atoms with E-state index in [1.807, 2.05) is 0 Å². The molecule has 10 heteroatoms. The van der Waals surface area contributed by atoms with Crippen molar-refractivity contribution >= 4 is 17.4 Å². The van der Waals surface area contributed by atoms with E-state index in [0.717, 1.165) is 70.4 Å². The fourth-order valence-corrected chi connectivity index (χ4v) is 7.29. The molecule has 1 spiro atoms. The van der Waals surface area contributed by atoms with E-state index in [4.69, 9.17) is 5.73 Å². The molecule has 5 rings (SSSR count). The number of hydrogen-bond donors (Lipinski definition) is 3. The first-order valence-corrected chi connectivity index (χ1v) is 14.6. The standard InChI is InChI=1S/C28H45FN8O/c1-35(2)18-20-10-15-36(16-11-20)22-9-14-32-28(12-7-5-3-4-6-8-13-28)24(22)33-27(38)23-25(30)34-37-19-21(29)17-31-26(23)37/h17,19-20,22,24,32H,3-16,18H2,1-2H3,(H2,30,34)(H,33,38). The molecule has 1 amide bonds. The lowest BCUT2D eigenvalue weighted by Gasteiger charge is -2.53. The summed E-state index contributed by atoms with van der Waals surface area (Å²) in [4.78, 5) is 23.0. The van der Waals surface area contributed by atoms with Crippen LogP contribution in [0.4, 0.5) is 10.2 Å². The number of nitrogens with zero attached hydrogens (tertiary/aromatic N) is 5. The Morgan fingerprint density at radius 3 is 2.53 bits per heavy atom. The fraction of sp³-hybridized carbons (Fsp3) is 0.750. The van der Waals surface area contributed by atoms with E-state index in [9.17, 15) is 9.18 Å². The maximum Gasteiger partial charge on any atom is 0.259 e. The number of carbonyl (C=O) groups excluding carboxylic acids is 1. The van der Waals surface area contributed by atoms with Crippen LogP contribution in [0.15, 0.2) is 12.4 Å². The van der Waals surface area contributed by atoms with Crippen molar-refractivity contribution in [3.8, 4) is 0 Å². The second kappa shape index (κ2) is 11.8. The molecule has 3 aliphatic rings. The summed E-state index contributed by atoms with van der Waals surface area (Å²) in [5.74, 6) is 0.0108. The Balaban J connectivity index is 1.44. The van der Waals surface area contributed by atoms with Gasteiger partial charge in [0.2, 0.25) is 0 Å². The van der Waals surface area contributed by atoms with Gasteiger partial charge < -0.3 is 21.3 Å². The Kier molecular flexibility index (Phi) is 8.50. The molecule has 2 saturated heterocycles. The van der Waals surface area contributed by atoms with Gasteiger partial charge >= 0.3 is 0 Å². The summed E-state index contributed by atoms with van der Waals surface area (Å²) in [5.41, 5.74) is 6.56. The Bertz CT molecular complexity index is 1090. The summed E-state index contributed by atoms with van der Waals surface area (Å²) in [6.45, 7) is 4.22. The van der Waals surface area contributed by atoms with Gasteiger partial charge in [0.1, 0.15) is 5.56 Å². The number of nitrogens with two attached hydrogens (primary N) is 1. The molecular formula is C28H45FN8O. The van der Waals surface area contributed by atoms with Crippen molar-refractivity contribution in [3.63, 3.8) is 0 Å². The number of rotatable bonds is 5. The average molecular weight is 529 g/mol. The predicted octanol–water partition coefficient (Wildman–Crippen LogP) is 3.06. The van der Waals surface area contributed by atoms with Crippen LogP contribution < -0.4 is 16.4 Å². The molecule has 4 N–H and O–H groups in total. The lowest BCUT2D eigenvalue weighted by atomic mass is 9.73. The Hall–Kier alpha value is -2.30. The Morgan fingerprint density at radius 2 is 1.84 bits per heavy atom. The molecule has 1 saturated carbocycles. The molecule has 2 aromatic rings. The van der Waals surface area contributed by atoms with E-state index >= 15 is 0 Å². The van der Waals surface area contributed by atoms with Crippen molar-refractivity contribution in [1.82, 2.24) is 35.0 Å². The van der Waals surface area contributed by atoms with Gasteiger partial charge in [-0.3, -0.25) is 9.69 Å². The van der Waals surface area contributed by atoms with Crippen molar-refractivity contribution in [1.29, 1.82) is 0 Å². The zero-order valence-corrected chi connectivity index (χ0v) is 23.1. The zero-order valence-electron chi connectivity index (χ0n) is 23.1. The Labute approximate surface area is 225 Å². The number of amides is 1. The molecule has 2 aromatic heterocycles. The summed E-state index contributed by atoms with van der Waals surface area (Å²) in [6, 6.07) is 0.205. The van der Waals surface area contributed by atoms with Crippen LogP contribution in [-0.4, -0.2) is 88.2 Å². The van der Waals surface area contributed by atoms with Gasteiger partial charge in [0.05, 0.1) is 18.4 Å². The van der Waals surface area contributed by atoms with Crippen molar-refractivity contribution in [2.45, 2.75) is 88.3 Å². The SMILES string of the molecule is CN(C)CC1CCN(C2CCNC3(CCCCCCCC3)C2NC(=O)c2c(N)nn3cc(F)cnc23)CC1. The minimum atomic E-state index is -0.522. The van der Waals surface area contributed by atoms with Crippen LogP contribution in [0.3, 0.4) is 0 Å². The van der Waals surface area contributed by atoms with Crippen molar-refractivity contribution in [2.75, 3.05) is 46.0 Å². The number of fused-ring (bicyclic) bond motifs is 1. The molecule has 0 bridgehead atoms. The number of halogens is 1. The van der Waals surface area contributed by atoms with E-state index in [1.165, 1.54) is 49.2 Å². The van der Waals surface area contributed by atoms with E-state index in [0.29, 0.717) is 0 Å². The van der Waals surface area contributed by atoms with E-state index in [2.05, 4.69) is 44.6 Å². The van der Waals surface area contributed by atoms with Gasteiger partial charge in [0.15, 0.2) is 17.3 Å². The molecule has 210 valence electrons. The van der Waals surface area contributed by atoms with Gasteiger partial charge in [-0.05, 0) is 71.8 Å². The lowest BCUT2D eigenvalue weighted by molar-refractivity contribution is 0.0270. The maximum absolute atomic E-state index is 13.9. The number of carbonyl (C=O) groups is 1. The first kappa shape index (κ1) is 27.3. The van der Waals surface area contributed by atoms with Gasteiger partial charge in [-0.25, -0.2) is 13.9 Å². The fourth-order valence-electron chi connectivity index (χ4n) is 7.29. The van der Waals surface area contributed by atoms with Crippen LogP contribution in [0.2, 0.25) is 0 Å². The van der Waals surface area contributed by atoms with Gasteiger partial charge in [0.25, 0.3) is 5.91 Å². The van der Waals surface area contributed by atoms with E-state index in [-0.39, 0.29) is 40.6 Å². The third kappa shape index (κ3) is 5.82. The lowest BCUT2D eigenvalue weighted by Crippen LogP contribution is -2.72. The average Bonchev–Trinajstić information content (AvgIpc) is 3.26. The maximum atomic E-state index is 13.9. The topological polar surface area (TPSA) is 104 Å². The van der Waals surface area contributed by atoms with Gasteiger partial charge in [-0.1, -0.05) is 38.5 Å². The number of anilines is 1. The number of hydrogen-bond acceptors (Lipinski definition) is 7. The molecule has 3 fully saturated rings. The molecule has 2 atom stereocenters. The molecule has 0 radical (unpaired) electrons. The first-order chi connectivity index (χ1) is 18.4. The largest absolute Gasteiger partial charge is 0.381 e. The second-order valence-electron chi connectivity index (χ2n) is 12.1. The first-order valence-electron chi connectivity index (χ1n) is 14.6. The molecule has 4 heterocycles. The monoisotopic (exact) mass is 528 g/mol. The van der Waals surface area contributed by atoms with Crippen LogP contribution in [0.25, 0.3) is 5.65 Å². The van der Waals surface area contributed by atoms with Gasteiger partial charge in [-0.2, -0.15) is 0 Å². The van der Waals surface area contributed by atoms with Crippen molar-refractivity contribution in [3.05, 3.63) is 23.8 Å². The minimum absolute atomic E-state index is 0.0537. The number of likely N-dealkylation sites (tertiary alicyclic amines) is 1. The molecule has 0 aromatic carbocycles. The highest BCUT2D eigenvalue weighted by Crippen LogP contribution is 2.36. The number of nitrogens with one attached hydrogen (secondary N) is 2. The van der Waals surface area contributed by atoms with Crippen molar-refractivity contribution < 1.29 is 9.18 Å². The Morgan fingerprint density at radius 1 is 1.16 bits per heavy atom. The zero-order chi connectivity index (χ0) is 26.7. The van der Waals surface area contributed by atoms with E-state index in [1.54, 1.807) is 0 Å². The highest BCUT2D eigenvalue weighted by Gasteiger charge is 2.48. The molecule has 2 aliphatic heterocycles. The van der Waals surface area contributed by atoms with Crippen LogP contribution in [0.5, 0.6) is 0 Å². The summed E-state index contributed by atoms with van der Waals surface area (Å²) in [5, 5.41) is 11.6. The smallest absolute Gasteiger partial charge is 0.259 e. The van der Waals surface area contributed by atoms with Crippen LogP contribution in [0, 0.1) is 11.7 Å². The van der Waals surface area contributed by atoms with Crippen LogP contribution >= 0.6 is 0 Å². The van der Waals surface area contributed by atoms with Crippen LogP contribution in [0.1, 0.15) is 81.0 Å². The molecular weight excluding hydrogens is 483 g/mol. The second-order valence-corrected chi connectivity index (χ2v) is 12.1. The number of aromatic nitrogens is 3. The van der Waals surface area contributed by atoms with Crippen LogP contribution in [-0.2, 0) is 0 Å². The molecule has 2 unspecified atom stereocenters. The molecule has 38 heavy (non-hydrogen) atoms. The third-order valence-electron chi connectivity index (χ3n) is 9.12. The normalized spacial score (nSPS) is 25.8. The minimum Gasteiger partial charge on any atom is -0.381 e. The summed E-state index contributed by atoms with van der Waals surface area (Å²) < 4.78 is 15.0. The highest BCUT2D eigenvalue weighted by atomic mass is 19.1. The molecule has 1 aliphatic carbocycles. The van der Waals surface area contributed by atoms with Gasteiger partial charge in [0, 0.05) is 18.1 Å². The quantitative estimate of drug-likeness (QED) is 0.548. The third-order valence-corrected chi connectivity index (χ3v) is 9.12.